The molecule has 1 unspecified atom stereocenters. The van der Waals surface area contributed by atoms with Gasteiger partial charge in [-0.1, -0.05) is 58.4 Å². The lowest BCUT2D eigenvalue weighted by molar-refractivity contribution is 0.0883. The first-order valence-electron chi connectivity index (χ1n) is 8.25. The fraction of sp³-hybridized carbons (Fsp3) is 0.632. The Morgan fingerprint density at radius 1 is 1.10 bits per heavy atom. The zero-order valence-electron chi connectivity index (χ0n) is 14.0. The van der Waals surface area contributed by atoms with Gasteiger partial charge in [0, 0.05) is 18.0 Å². The number of hydrogen-bond acceptors (Lipinski definition) is 2. The minimum absolute atomic E-state index is 0.0867. The van der Waals surface area contributed by atoms with Crippen molar-refractivity contribution in [2.75, 3.05) is 19.6 Å². The molecule has 0 N–H and O–H groups in total. The summed E-state index contributed by atoms with van der Waals surface area (Å²) in [7, 11) is 0. The molecule has 2 heteroatoms. The fourth-order valence-corrected chi connectivity index (χ4v) is 3.03. The van der Waals surface area contributed by atoms with Crippen LogP contribution in [0, 0.1) is 5.92 Å². The molecule has 0 radical (unpaired) electrons. The third kappa shape index (κ3) is 4.41. The number of ketones is 1. The first kappa shape index (κ1) is 16.2. The third-order valence-corrected chi connectivity index (χ3v) is 4.46. The molecule has 1 aromatic carbocycles. The Morgan fingerprint density at radius 3 is 2.19 bits per heavy atom. The van der Waals surface area contributed by atoms with Crippen molar-refractivity contribution in [1.29, 1.82) is 0 Å². The molecule has 1 saturated heterocycles. The summed E-state index contributed by atoms with van der Waals surface area (Å²) in [5.74, 6) is 0.365. The van der Waals surface area contributed by atoms with Gasteiger partial charge in [0.15, 0.2) is 5.78 Å². The van der Waals surface area contributed by atoms with E-state index in [1.165, 1.54) is 24.8 Å². The van der Waals surface area contributed by atoms with Crippen LogP contribution in [0.15, 0.2) is 24.3 Å². The zero-order valence-corrected chi connectivity index (χ0v) is 14.0. The van der Waals surface area contributed by atoms with Crippen LogP contribution in [0.4, 0.5) is 0 Å². The van der Waals surface area contributed by atoms with Gasteiger partial charge in [0.1, 0.15) is 0 Å². The van der Waals surface area contributed by atoms with Gasteiger partial charge < -0.3 is 4.90 Å². The third-order valence-electron chi connectivity index (χ3n) is 4.46. The van der Waals surface area contributed by atoms with Crippen LogP contribution in [0.3, 0.4) is 0 Å². The number of piperidine rings is 1. The molecule has 1 aliphatic heterocycles. The van der Waals surface area contributed by atoms with Gasteiger partial charge >= 0.3 is 0 Å². The van der Waals surface area contributed by atoms with Crippen LogP contribution in [0.1, 0.15) is 62.9 Å². The van der Waals surface area contributed by atoms with Gasteiger partial charge in [0.25, 0.3) is 0 Å². The lowest BCUT2D eigenvalue weighted by Gasteiger charge is -2.28. The molecule has 21 heavy (non-hydrogen) atoms. The van der Waals surface area contributed by atoms with Crippen molar-refractivity contribution in [3.8, 4) is 0 Å². The highest BCUT2D eigenvalue weighted by molar-refractivity contribution is 5.97. The van der Waals surface area contributed by atoms with E-state index < -0.39 is 0 Å². The van der Waals surface area contributed by atoms with Gasteiger partial charge in [-0.2, -0.15) is 0 Å². The van der Waals surface area contributed by atoms with Crippen LogP contribution in [-0.2, 0) is 5.41 Å². The number of nitrogens with zero attached hydrogens (tertiary/aromatic N) is 1. The molecule has 2 rings (SSSR count). The standard InChI is InChI=1S/C19H29NO/c1-15(14-20-12-6-5-7-13-20)18(21)16-8-10-17(11-9-16)19(2,3)4/h8-11,15H,5-7,12-14H2,1-4H3. The van der Waals surface area contributed by atoms with E-state index in [9.17, 15) is 4.79 Å². The van der Waals surface area contributed by atoms with Gasteiger partial charge in [-0.25, -0.2) is 0 Å². The van der Waals surface area contributed by atoms with E-state index in [4.69, 9.17) is 0 Å². The van der Waals surface area contributed by atoms with Crippen molar-refractivity contribution >= 4 is 5.78 Å². The summed E-state index contributed by atoms with van der Waals surface area (Å²) in [5.41, 5.74) is 2.27. The lowest BCUT2D eigenvalue weighted by atomic mass is 9.86. The van der Waals surface area contributed by atoms with Crippen molar-refractivity contribution in [1.82, 2.24) is 4.90 Å². The monoisotopic (exact) mass is 287 g/mol. The summed E-state index contributed by atoms with van der Waals surface area (Å²) < 4.78 is 0. The zero-order chi connectivity index (χ0) is 15.5. The second-order valence-electron chi connectivity index (χ2n) is 7.45. The van der Waals surface area contributed by atoms with Crippen molar-refractivity contribution in [3.05, 3.63) is 35.4 Å². The minimum Gasteiger partial charge on any atom is -0.303 e. The molecule has 1 aliphatic rings. The Hall–Kier alpha value is -1.15. The van der Waals surface area contributed by atoms with E-state index in [0.29, 0.717) is 0 Å². The second-order valence-corrected chi connectivity index (χ2v) is 7.45. The Bertz CT molecular complexity index is 463. The molecule has 2 nitrogen and oxygen atoms in total. The van der Waals surface area contributed by atoms with E-state index >= 15 is 0 Å². The smallest absolute Gasteiger partial charge is 0.166 e. The summed E-state index contributed by atoms with van der Waals surface area (Å²) in [6, 6.07) is 8.19. The Balaban J connectivity index is 1.98. The largest absolute Gasteiger partial charge is 0.303 e. The van der Waals surface area contributed by atoms with Gasteiger partial charge in [-0.05, 0) is 36.9 Å². The van der Waals surface area contributed by atoms with Gasteiger partial charge in [0.2, 0.25) is 0 Å². The van der Waals surface area contributed by atoms with Crippen molar-refractivity contribution in [3.63, 3.8) is 0 Å². The second kappa shape index (κ2) is 6.74. The molecule has 1 heterocycles. The summed E-state index contributed by atoms with van der Waals surface area (Å²) in [4.78, 5) is 15.0. The maximum absolute atomic E-state index is 12.6. The molecule has 1 fully saturated rings. The van der Waals surface area contributed by atoms with Gasteiger partial charge in [-0.15, -0.1) is 0 Å². The predicted molar refractivity (Wildman–Crippen MR) is 88.9 cm³/mol. The molecular weight excluding hydrogens is 258 g/mol. The number of likely N-dealkylation sites (tertiary alicyclic amines) is 1. The van der Waals surface area contributed by atoms with Crippen LogP contribution in [0.2, 0.25) is 0 Å². The molecule has 0 saturated carbocycles. The average Bonchev–Trinajstić information content (AvgIpc) is 2.46. The molecule has 0 aliphatic carbocycles. The lowest BCUT2D eigenvalue weighted by Crippen LogP contribution is -2.35. The quantitative estimate of drug-likeness (QED) is 0.770. The molecule has 1 aromatic rings. The Labute approximate surface area is 129 Å². The van der Waals surface area contributed by atoms with E-state index in [0.717, 1.165) is 25.2 Å². The summed E-state index contributed by atoms with van der Waals surface area (Å²) in [6.45, 7) is 11.9. The minimum atomic E-state index is 0.0867. The van der Waals surface area contributed by atoms with Gasteiger partial charge in [0.05, 0.1) is 0 Å². The SMILES string of the molecule is CC(CN1CCCCC1)C(=O)c1ccc(C(C)(C)C)cc1. The molecule has 0 amide bonds. The van der Waals surface area contributed by atoms with Crippen LogP contribution in [0.5, 0.6) is 0 Å². The molecule has 0 bridgehead atoms. The van der Waals surface area contributed by atoms with E-state index in [1.807, 2.05) is 12.1 Å². The molecule has 0 aromatic heterocycles. The summed E-state index contributed by atoms with van der Waals surface area (Å²) in [6.07, 6.45) is 3.90. The summed E-state index contributed by atoms with van der Waals surface area (Å²) >= 11 is 0. The fourth-order valence-electron chi connectivity index (χ4n) is 3.03. The normalized spacial score (nSPS) is 18.5. The highest BCUT2D eigenvalue weighted by Gasteiger charge is 2.20. The molecule has 0 spiro atoms. The highest BCUT2D eigenvalue weighted by Crippen LogP contribution is 2.23. The van der Waals surface area contributed by atoms with Crippen LogP contribution in [-0.4, -0.2) is 30.3 Å². The molecule has 1 atom stereocenters. The number of rotatable bonds is 4. The molecular formula is C19H29NO. The summed E-state index contributed by atoms with van der Waals surface area (Å²) in [5, 5.41) is 0. The maximum Gasteiger partial charge on any atom is 0.166 e. The first-order valence-corrected chi connectivity index (χ1v) is 8.25. The highest BCUT2D eigenvalue weighted by atomic mass is 16.1. The van der Waals surface area contributed by atoms with Crippen molar-refractivity contribution in [2.24, 2.45) is 5.92 Å². The number of carbonyl (C=O) groups excluding carboxylic acids is 1. The number of benzene rings is 1. The van der Waals surface area contributed by atoms with E-state index in [-0.39, 0.29) is 17.1 Å². The first-order chi connectivity index (χ1) is 9.88. The van der Waals surface area contributed by atoms with Crippen LogP contribution < -0.4 is 0 Å². The maximum atomic E-state index is 12.6. The number of hydrogen-bond donors (Lipinski definition) is 0. The Kier molecular flexibility index (Phi) is 5.21. The number of carbonyl (C=O) groups is 1. The van der Waals surface area contributed by atoms with E-state index in [2.05, 4.69) is 44.7 Å². The predicted octanol–water partition coefficient (Wildman–Crippen LogP) is 4.29. The topological polar surface area (TPSA) is 20.3 Å². The van der Waals surface area contributed by atoms with Crippen LogP contribution in [0.25, 0.3) is 0 Å². The number of Topliss-reactive ketones (excluding diaryl/α,β-unsaturated/α-hetero) is 1. The Morgan fingerprint density at radius 2 is 1.67 bits per heavy atom. The van der Waals surface area contributed by atoms with Gasteiger partial charge in [-0.3, -0.25) is 4.79 Å². The average molecular weight is 287 g/mol. The van der Waals surface area contributed by atoms with Crippen LogP contribution >= 0.6 is 0 Å². The van der Waals surface area contributed by atoms with Crippen molar-refractivity contribution in [2.45, 2.75) is 52.4 Å². The van der Waals surface area contributed by atoms with Crippen molar-refractivity contribution < 1.29 is 4.79 Å². The molecule has 116 valence electrons. The van der Waals surface area contributed by atoms with E-state index in [1.54, 1.807) is 0 Å².